The van der Waals surface area contributed by atoms with E-state index < -0.39 is 12.0 Å². The number of esters is 1. The fourth-order valence-electron chi connectivity index (χ4n) is 5.83. The predicted octanol–water partition coefficient (Wildman–Crippen LogP) is 6.51. The molecule has 0 radical (unpaired) electrons. The Balaban J connectivity index is 1.67. The van der Waals surface area contributed by atoms with Crippen LogP contribution in [0.4, 0.5) is 0 Å². The van der Waals surface area contributed by atoms with Crippen LogP contribution in [0.5, 0.6) is 11.5 Å². The highest BCUT2D eigenvalue weighted by Crippen LogP contribution is 2.39. The van der Waals surface area contributed by atoms with Crippen molar-refractivity contribution >= 4 is 50.2 Å². The standard InChI is InChI=1S/C35H32BrN3O5S/c1-5-11-25-29(34(41)44-6-2)32(24-18-21(36)16-17-26(24)42-3)39-33(40)28(45-35(39)37-25)19-23-22-14-10-15-27(43-4)31(22)38-30(23)20-12-8-7-9-13-20/h7-10,12-19,32,38H,5-6,11H2,1-4H3/b28-19+/t32-/m0/s1. The first kappa shape index (κ1) is 30.6. The SMILES string of the molecule is CCCC1=C(C(=O)OCC)[C@H](c2cc(Br)ccc2OC)n2c(s/c(=C/c3c(-c4ccccc4)[nH]c4c(OC)cccc34)c2=O)=N1. The number of ether oxygens (including phenoxy) is 3. The van der Waals surface area contributed by atoms with Gasteiger partial charge in [0.2, 0.25) is 0 Å². The summed E-state index contributed by atoms with van der Waals surface area (Å²) in [6, 6.07) is 20.6. The second-order valence-electron chi connectivity index (χ2n) is 10.5. The van der Waals surface area contributed by atoms with E-state index >= 15 is 0 Å². The molecule has 0 saturated carbocycles. The number of hydrogen-bond acceptors (Lipinski definition) is 7. The highest BCUT2D eigenvalue weighted by atomic mass is 79.9. The van der Waals surface area contributed by atoms with Crippen LogP contribution in [0.1, 0.15) is 43.9 Å². The van der Waals surface area contributed by atoms with E-state index in [0.717, 1.165) is 38.6 Å². The molecule has 0 spiro atoms. The minimum atomic E-state index is -0.798. The molecule has 5 aromatic rings. The molecule has 3 heterocycles. The van der Waals surface area contributed by atoms with E-state index in [-0.39, 0.29) is 12.2 Å². The van der Waals surface area contributed by atoms with Gasteiger partial charge in [-0.1, -0.05) is 83.1 Å². The summed E-state index contributed by atoms with van der Waals surface area (Å²) in [4.78, 5) is 37.1. The molecular weight excluding hydrogens is 654 g/mol. The second-order valence-corrected chi connectivity index (χ2v) is 12.4. The third-order valence-corrected chi connectivity index (χ3v) is 9.25. The van der Waals surface area contributed by atoms with Gasteiger partial charge in [-0.2, -0.15) is 0 Å². The Kier molecular flexibility index (Phi) is 8.78. The Morgan fingerprint density at radius 3 is 2.53 bits per heavy atom. The molecule has 8 nitrogen and oxygen atoms in total. The zero-order valence-corrected chi connectivity index (χ0v) is 27.8. The number of benzene rings is 3. The van der Waals surface area contributed by atoms with Crippen molar-refractivity contribution in [2.24, 2.45) is 4.99 Å². The molecule has 45 heavy (non-hydrogen) atoms. The van der Waals surface area contributed by atoms with Crippen molar-refractivity contribution in [1.82, 2.24) is 9.55 Å². The van der Waals surface area contributed by atoms with E-state index in [0.29, 0.717) is 44.1 Å². The Labute approximate surface area is 272 Å². The van der Waals surface area contributed by atoms with Gasteiger partial charge in [0.1, 0.15) is 17.5 Å². The number of rotatable bonds is 9. The normalized spacial score (nSPS) is 14.8. The zero-order valence-electron chi connectivity index (χ0n) is 25.3. The van der Waals surface area contributed by atoms with Gasteiger partial charge in [-0.15, -0.1) is 0 Å². The van der Waals surface area contributed by atoms with Gasteiger partial charge in [0.05, 0.1) is 47.8 Å². The quantitative estimate of drug-likeness (QED) is 0.179. The predicted molar refractivity (Wildman–Crippen MR) is 181 cm³/mol. The summed E-state index contributed by atoms with van der Waals surface area (Å²) >= 11 is 4.88. The van der Waals surface area contributed by atoms with Crippen molar-refractivity contribution in [3.05, 3.63) is 113 Å². The molecule has 10 heteroatoms. The van der Waals surface area contributed by atoms with Crippen LogP contribution < -0.4 is 24.4 Å². The number of halogens is 1. The first-order valence-corrected chi connectivity index (χ1v) is 16.3. The van der Waals surface area contributed by atoms with Crippen LogP contribution in [0, 0.1) is 0 Å². The maximum absolute atomic E-state index is 14.5. The number of methoxy groups -OCH3 is 2. The Morgan fingerprint density at radius 1 is 1.04 bits per heavy atom. The molecule has 0 bridgehead atoms. The highest BCUT2D eigenvalue weighted by Gasteiger charge is 2.36. The van der Waals surface area contributed by atoms with Crippen LogP contribution in [-0.4, -0.2) is 36.3 Å². The molecule has 0 unspecified atom stereocenters. The summed E-state index contributed by atoms with van der Waals surface area (Å²) in [5.74, 6) is 0.754. The van der Waals surface area contributed by atoms with E-state index in [1.807, 2.05) is 79.7 Å². The largest absolute Gasteiger partial charge is 0.496 e. The summed E-state index contributed by atoms with van der Waals surface area (Å²) in [5.41, 5.74) is 4.88. The lowest BCUT2D eigenvalue weighted by Crippen LogP contribution is -2.40. The molecule has 0 fully saturated rings. The van der Waals surface area contributed by atoms with Gasteiger partial charge in [0.25, 0.3) is 5.56 Å². The smallest absolute Gasteiger partial charge is 0.338 e. The van der Waals surface area contributed by atoms with Gasteiger partial charge in [-0.3, -0.25) is 9.36 Å². The maximum atomic E-state index is 14.5. The van der Waals surface area contributed by atoms with Crippen molar-refractivity contribution < 1.29 is 19.0 Å². The fraction of sp³-hybridized carbons (Fsp3) is 0.229. The molecule has 0 saturated heterocycles. The average Bonchev–Trinajstić information content (AvgIpc) is 3.58. The van der Waals surface area contributed by atoms with Crippen LogP contribution in [-0.2, 0) is 9.53 Å². The number of allylic oxidation sites excluding steroid dienone is 1. The van der Waals surface area contributed by atoms with Crippen molar-refractivity contribution in [2.75, 3.05) is 20.8 Å². The molecule has 230 valence electrons. The topological polar surface area (TPSA) is 94.9 Å². The highest BCUT2D eigenvalue weighted by molar-refractivity contribution is 9.10. The number of para-hydroxylation sites is 1. The number of hydrogen-bond donors (Lipinski definition) is 1. The molecular formula is C35H32BrN3O5S. The molecule has 6 rings (SSSR count). The Morgan fingerprint density at radius 2 is 1.82 bits per heavy atom. The number of fused-ring (bicyclic) bond motifs is 2. The third-order valence-electron chi connectivity index (χ3n) is 7.77. The monoisotopic (exact) mass is 685 g/mol. The summed E-state index contributed by atoms with van der Waals surface area (Å²) in [5, 5.41) is 0.920. The van der Waals surface area contributed by atoms with Crippen LogP contribution in [0.2, 0.25) is 0 Å². The molecule has 1 atom stereocenters. The molecule has 3 aromatic carbocycles. The van der Waals surface area contributed by atoms with Crippen LogP contribution >= 0.6 is 27.3 Å². The number of aromatic amines is 1. The molecule has 1 aliphatic rings. The second kappa shape index (κ2) is 12.9. The summed E-state index contributed by atoms with van der Waals surface area (Å²) < 4.78 is 19.8. The van der Waals surface area contributed by atoms with Gasteiger partial charge in [0.15, 0.2) is 4.80 Å². The minimum absolute atomic E-state index is 0.195. The Hall–Kier alpha value is -4.41. The molecule has 1 N–H and O–H groups in total. The van der Waals surface area contributed by atoms with Crippen molar-refractivity contribution in [1.29, 1.82) is 0 Å². The number of carbonyl (C=O) groups excluding carboxylic acids is 1. The van der Waals surface area contributed by atoms with Crippen LogP contribution in [0.25, 0.3) is 28.2 Å². The lowest BCUT2D eigenvalue weighted by Gasteiger charge is -2.27. The number of thiazole rings is 1. The number of carbonyl (C=O) groups is 1. The molecule has 0 amide bonds. The number of nitrogens with one attached hydrogen (secondary N) is 1. The summed E-state index contributed by atoms with van der Waals surface area (Å²) in [6.45, 7) is 3.99. The summed E-state index contributed by atoms with van der Waals surface area (Å²) in [7, 11) is 3.22. The lowest BCUT2D eigenvalue weighted by molar-refractivity contribution is -0.139. The van der Waals surface area contributed by atoms with Crippen LogP contribution in [0.15, 0.2) is 92.3 Å². The minimum Gasteiger partial charge on any atom is -0.496 e. The third kappa shape index (κ3) is 5.53. The first-order valence-electron chi connectivity index (χ1n) is 14.7. The van der Waals surface area contributed by atoms with E-state index in [2.05, 4.69) is 20.9 Å². The first-order chi connectivity index (χ1) is 21.9. The molecule has 0 aliphatic carbocycles. The van der Waals surface area contributed by atoms with Gasteiger partial charge in [-0.25, -0.2) is 9.79 Å². The number of aromatic nitrogens is 2. The lowest BCUT2D eigenvalue weighted by atomic mass is 9.93. The van der Waals surface area contributed by atoms with E-state index in [1.54, 1.807) is 25.7 Å². The van der Waals surface area contributed by atoms with Crippen LogP contribution in [0.3, 0.4) is 0 Å². The van der Waals surface area contributed by atoms with Crippen molar-refractivity contribution in [3.8, 4) is 22.8 Å². The van der Waals surface area contributed by atoms with Gasteiger partial charge in [0, 0.05) is 21.0 Å². The number of nitrogens with zero attached hydrogens (tertiary/aromatic N) is 2. The van der Waals surface area contributed by atoms with Crippen molar-refractivity contribution in [3.63, 3.8) is 0 Å². The van der Waals surface area contributed by atoms with Gasteiger partial charge in [-0.05, 0) is 49.2 Å². The fourth-order valence-corrected chi connectivity index (χ4v) is 7.21. The van der Waals surface area contributed by atoms with Gasteiger partial charge < -0.3 is 19.2 Å². The Bertz CT molecular complexity index is 2130. The molecule has 2 aromatic heterocycles. The zero-order chi connectivity index (χ0) is 31.7. The van der Waals surface area contributed by atoms with Gasteiger partial charge >= 0.3 is 5.97 Å². The summed E-state index contributed by atoms with van der Waals surface area (Å²) in [6.07, 6.45) is 3.22. The average molecular weight is 687 g/mol. The van der Waals surface area contributed by atoms with Crippen molar-refractivity contribution in [2.45, 2.75) is 32.7 Å². The van der Waals surface area contributed by atoms with E-state index in [4.69, 9.17) is 19.2 Å². The number of H-pyrrole nitrogens is 1. The maximum Gasteiger partial charge on any atom is 0.338 e. The molecule has 1 aliphatic heterocycles. The van der Waals surface area contributed by atoms with E-state index in [9.17, 15) is 9.59 Å². The van der Waals surface area contributed by atoms with E-state index in [1.165, 1.54) is 11.3 Å².